The van der Waals surface area contributed by atoms with Crippen LogP contribution >= 0.6 is 11.3 Å². The van der Waals surface area contributed by atoms with E-state index in [-0.39, 0.29) is 0 Å². The summed E-state index contributed by atoms with van der Waals surface area (Å²) in [6.45, 7) is 0. The van der Waals surface area contributed by atoms with E-state index in [2.05, 4.69) is 16.0 Å². The average molecular weight is 188 g/mol. The summed E-state index contributed by atoms with van der Waals surface area (Å²) in [5.74, 6) is 0.746. The van der Waals surface area contributed by atoms with E-state index in [1.807, 2.05) is 29.7 Å². The van der Waals surface area contributed by atoms with E-state index in [0.29, 0.717) is 0 Å². The molecule has 0 bridgehead atoms. The second kappa shape index (κ2) is 3.96. The zero-order valence-electron chi connectivity index (χ0n) is 6.92. The molecule has 0 spiro atoms. The molecule has 2 aromatic heterocycles. The summed E-state index contributed by atoms with van der Waals surface area (Å²) >= 11 is 1.70. The lowest BCUT2D eigenvalue weighted by Crippen LogP contribution is -1.82. The van der Waals surface area contributed by atoms with Crippen LogP contribution in [-0.2, 0) is 0 Å². The molecule has 2 nitrogen and oxygen atoms in total. The van der Waals surface area contributed by atoms with Crippen LogP contribution in [0, 0.1) is 0 Å². The molecule has 0 aliphatic rings. The van der Waals surface area contributed by atoms with Crippen LogP contribution in [0.3, 0.4) is 0 Å². The number of thiophene rings is 1. The van der Waals surface area contributed by atoms with E-state index in [1.54, 1.807) is 23.7 Å². The Morgan fingerprint density at radius 2 is 1.92 bits per heavy atom. The third kappa shape index (κ3) is 2.23. The lowest BCUT2D eigenvalue weighted by molar-refractivity contribution is 1.14. The lowest BCUT2D eigenvalue weighted by Gasteiger charge is -1.87. The minimum Gasteiger partial charge on any atom is -0.237 e. The van der Waals surface area contributed by atoms with Crippen LogP contribution in [0.1, 0.15) is 10.7 Å². The first kappa shape index (κ1) is 8.13. The highest BCUT2D eigenvalue weighted by atomic mass is 32.1. The standard InChI is InChI=1S/C10H8N2S/c1-3-9(13-8-1)4-5-10-11-6-2-7-12-10/h1-8H/b5-4+. The predicted octanol–water partition coefficient (Wildman–Crippen LogP) is 2.71. The SMILES string of the molecule is C(=C\c1cccs1)/c1ncccn1. The van der Waals surface area contributed by atoms with E-state index in [9.17, 15) is 0 Å². The summed E-state index contributed by atoms with van der Waals surface area (Å²) in [4.78, 5) is 9.39. The minimum absolute atomic E-state index is 0.746. The van der Waals surface area contributed by atoms with Crippen molar-refractivity contribution in [2.75, 3.05) is 0 Å². The molecule has 0 saturated carbocycles. The topological polar surface area (TPSA) is 25.8 Å². The molecule has 0 radical (unpaired) electrons. The van der Waals surface area contributed by atoms with E-state index in [0.717, 1.165) is 5.82 Å². The van der Waals surface area contributed by atoms with Crippen molar-refractivity contribution >= 4 is 23.5 Å². The minimum atomic E-state index is 0.746. The van der Waals surface area contributed by atoms with Gasteiger partial charge >= 0.3 is 0 Å². The van der Waals surface area contributed by atoms with Gasteiger partial charge in [0.1, 0.15) is 0 Å². The normalized spacial score (nSPS) is 10.8. The molecular weight excluding hydrogens is 180 g/mol. The molecule has 13 heavy (non-hydrogen) atoms. The maximum Gasteiger partial charge on any atom is 0.151 e. The maximum absolute atomic E-state index is 4.08. The Hall–Kier alpha value is -1.48. The first-order valence-corrected chi connectivity index (χ1v) is 4.82. The van der Waals surface area contributed by atoms with Gasteiger partial charge in [-0.25, -0.2) is 9.97 Å². The average Bonchev–Trinajstić information content (AvgIpc) is 2.69. The molecule has 0 N–H and O–H groups in total. The molecule has 0 fully saturated rings. The fourth-order valence-corrected chi connectivity index (χ4v) is 1.56. The van der Waals surface area contributed by atoms with Gasteiger partial charge in [0.25, 0.3) is 0 Å². The summed E-state index contributed by atoms with van der Waals surface area (Å²) in [5.41, 5.74) is 0. The van der Waals surface area contributed by atoms with E-state index in [4.69, 9.17) is 0 Å². The van der Waals surface area contributed by atoms with Gasteiger partial charge in [0, 0.05) is 17.3 Å². The monoisotopic (exact) mass is 188 g/mol. The molecule has 64 valence electrons. The van der Waals surface area contributed by atoms with Crippen molar-refractivity contribution in [3.05, 3.63) is 46.7 Å². The van der Waals surface area contributed by atoms with Gasteiger partial charge in [-0.05, 0) is 29.7 Å². The van der Waals surface area contributed by atoms with Gasteiger partial charge in [-0.3, -0.25) is 0 Å². The molecular formula is C10H8N2S. The molecule has 3 heteroatoms. The molecule has 0 saturated heterocycles. The molecule has 0 aromatic carbocycles. The van der Waals surface area contributed by atoms with E-state index < -0.39 is 0 Å². The van der Waals surface area contributed by atoms with Crippen LogP contribution in [0.5, 0.6) is 0 Å². The summed E-state index contributed by atoms with van der Waals surface area (Å²) in [6.07, 6.45) is 7.40. The second-order valence-electron chi connectivity index (χ2n) is 2.46. The highest BCUT2D eigenvalue weighted by Gasteiger charge is 1.88. The van der Waals surface area contributed by atoms with Crippen molar-refractivity contribution < 1.29 is 0 Å². The molecule has 0 amide bonds. The van der Waals surface area contributed by atoms with Gasteiger partial charge < -0.3 is 0 Å². The molecule has 2 heterocycles. The van der Waals surface area contributed by atoms with Crippen LogP contribution in [-0.4, -0.2) is 9.97 Å². The van der Waals surface area contributed by atoms with Gasteiger partial charge in [-0.15, -0.1) is 11.3 Å². The Morgan fingerprint density at radius 1 is 1.08 bits per heavy atom. The summed E-state index contributed by atoms with van der Waals surface area (Å²) in [5, 5.41) is 2.05. The Labute approximate surface area is 80.6 Å². The first-order chi connectivity index (χ1) is 6.45. The fourth-order valence-electron chi connectivity index (χ4n) is 0.939. The summed E-state index contributed by atoms with van der Waals surface area (Å²) < 4.78 is 0. The Bertz CT molecular complexity index is 379. The van der Waals surface area contributed by atoms with Crippen LogP contribution in [0.4, 0.5) is 0 Å². The van der Waals surface area contributed by atoms with Gasteiger partial charge in [-0.1, -0.05) is 6.07 Å². The largest absolute Gasteiger partial charge is 0.237 e. The number of aromatic nitrogens is 2. The van der Waals surface area contributed by atoms with Crippen LogP contribution < -0.4 is 0 Å². The molecule has 0 unspecified atom stereocenters. The Balaban J connectivity index is 2.15. The number of nitrogens with zero attached hydrogens (tertiary/aromatic N) is 2. The summed E-state index contributed by atoms with van der Waals surface area (Å²) in [7, 11) is 0. The van der Waals surface area contributed by atoms with Crippen LogP contribution in [0.2, 0.25) is 0 Å². The third-order valence-electron chi connectivity index (χ3n) is 1.53. The van der Waals surface area contributed by atoms with Crippen LogP contribution in [0.15, 0.2) is 36.0 Å². The predicted molar refractivity (Wildman–Crippen MR) is 55.3 cm³/mol. The Kier molecular flexibility index (Phi) is 2.48. The Morgan fingerprint density at radius 3 is 2.62 bits per heavy atom. The highest BCUT2D eigenvalue weighted by Crippen LogP contribution is 2.11. The number of hydrogen-bond donors (Lipinski definition) is 0. The van der Waals surface area contributed by atoms with Crippen molar-refractivity contribution in [3.8, 4) is 0 Å². The van der Waals surface area contributed by atoms with Crippen molar-refractivity contribution in [1.29, 1.82) is 0 Å². The maximum atomic E-state index is 4.08. The van der Waals surface area contributed by atoms with Crippen molar-refractivity contribution in [2.24, 2.45) is 0 Å². The first-order valence-electron chi connectivity index (χ1n) is 3.94. The van der Waals surface area contributed by atoms with Crippen molar-refractivity contribution in [1.82, 2.24) is 9.97 Å². The fraction of sp³-hybridized carbons (Fsp3) is 0. The lowest BCUT2D eigenvalue weighted by atomic mass is 10.4. The molecule has 0 atom stereocenters. The van der Waals surface area contributed by atoms with E-state index in [1.165, 1.54) is 4.88 Å². The van der Waals surface area contributed by atoms with Crippen molar-refractivity contribution in [2.45, 2.75) is 0 Å². The highest BCUT2D eigenvalue weighted by molar-refractivity contribution is 7.10. The summed E-state index contributed by atoms with van der Waals surface area (Å²) in [6, 6.07) is 5.89. The number of hydrogen-bond acceptors (Lipinski definition) is 3. The van der Waals surface area contributed by atoms with Gasteiger partial charge in [-0.2, -0.15) is 0 Å². The zero-order valence-corrected chi connectivity index (χ0v) is 7.74. The quantitative estimate of drug-likeness (QED) is 0.724. The molecule has 2 rings (SSSR count). The van der Waals surface area contributed by atoms with Gasteiger partial charge in [0.2, 0.25) is 0 Å². The van der Waals surface area contributed by atoms with Crippen molar-refractivity contribution in [3.63, 3.8) is 0 Å². The van der Waals surface area contributed by atoms with E-state index >= 15 is 0 Å². The molecule has 2 aromatic rings. The van der Waals surface area contributed by atoms with Gasteiger partial charge in [0.05, 0.1) is 0 Å². The van der Waals surface area contributed by atoms with Gasteiger partial charge in [0.15, 0.2) is 5.82 Å². The molecule has 0 aliphatic carbocycles. The zero-order chi connectivity index (χ0) is 8.93. The number of rotatable bonds is 2. The van der Waals surface area contributed by atoms with Crippen LogP contribution in [0.25, 0.3) is 12.2 Å². The smallest absolute Gasteiger partial charge is 0.151 e. The molecule has 0 aliphatic heterocycles. The second-order valence-corrected chi connectivity index (χ2v) is 3.44. The third-order valence-corrected chi connectivity index (χ3v) is 2.36.